The number of nitrogens with zero attached hydrogens (tertiary/aromatic N) is 2. The molecule has 0 saturated carbocycles. The van der Waals surface area contributed by atoms with Crippen molar-refractivity contribution in [2.75, 3.05) is 32.0 Å². The number of anilines is 1. The van der Waals surface area contributed by atoms with E-state index in [0.717, 1.165) is 44.5 Å². The molecule has 0 bridgehead atoms. The van der Waals surface area contributed by atoms with Crippen LogP contribution < -0.4 is 5.32 Å². The second kappa shape index (κ2) is 7.78. The Kier molecular flexibility index (Phi) is 5.66. The Hall–Kier alpha value is -1.88. The van der Waals surface area contributed by atoms with E-state index in [1.807, 2.05) is 24.1 Å². The van der Waals surface area contributed by atoms with E-state index in [9.17, 15) is 9.59 Å². The summed E-state index contributed by atoms with van der Waals surface area (Å²) < 4.78 is 0. The Morgan fingerprint density at radius 2 is 1.85 bits per heavy atom. The molecule has 5 nitrogen and oxygen atoms in total. The van der Waals surface area contributed by atoms with Crippen LogP contribution in [-0.2, 0) is 9.59 Å². The quantitative estimate of drug-likeness (QED) is 0.880. The first-order valence-corrected chi connectivity index (χ1v) is 9.82. The number of amides is 2. The fourth-order valence-electron chi connectivity index (χ4n) is 4.19. The molecule has 3 rings (SSSR count). The van der Waals surface area contributed by atoms with E-state index in [4.69, 9.17) is 0 Å². The Morgan fingerprint density at radius 3 is 2.38 bits per heavy atom. The molecule has 142 valence electrons. The number of nitrogens with one attached hydrogen (secondary N) is 1. The van der Waals surface area contributed by atoms with Crippen molar-refractivity contribution in [1.82, 2.24) is 9.80 Å². The van der Waals surface area contributed by atoms with Crippen molar-refractivity contribution in [2.24, 2.45) is 0 Å². The van der Waals surface area contributed by atoms with Gasteiger partial charge < -0.3 is 10.2 Å². The summed E-state index contributed by atoms with van der Waals surface area (Å²) in [6, 6.07) is 8.18. The van der Waals surface area contributed by atoms with Gasteiger partial charge in [-0.25, -0.2) is 0 Å². The average molecular weight is 357 g/mol. The molecule has 1 N–H and O–H groups in total. The van der Waals surface area contributed by atoms with Gasteiger partial charge in [0.25, 0.3) is 0 Å². The molecule has 1 aromatic rings. The molecule has 1 aromatic carbocycles. The normalized spacial score (nSPS) is 21.2. The standard InChI is InChI=1S/C21H31N3O2/c1-4-16(2)17-5-7-18(8-6-17)22-19(25)15-24-13-11-21(12-14-24)10-9-20(26)23(21)3/h5-8,16H,4,9-15H2,1-3H3,(H,22,25)/t16-/m1/s1. The lowest BCUT2D eigenvalue weighted by Crippen LogP contribution is -2.52. The maximum atomic E-state index is 12.4. The van der Waals surface area contributed by atoms with Crippen molar-refractivity contribution in [3.63, 3.8) is 0 Å². The predicted octanol–water partition coefficient (Wildman–Crippen LogP) is 3.23. The van der Waals surface area contributed by atoms with Crippen LogP contribution in [0.15, 0.2) is 24.3 Å². The summed E-state index contributed by atoms with van der Waals surface area (Å²) in [6.45, 7) is 6.56. The van der Waals surface area contributed by atoms with Gasteiger partial charge in [0.05, 0.1) is 6.54 Å². The van der Waals surface area contributed by atoms with E-state index in [1.54, 1.807) is 0 Å². The van der Waals surface area contributed by atoms with Gasteiger partial charge in [0.1, 0.15) is 0 Å². The highest BCUT2D eigenvalue weighted by Gasteiger charge is 2.44. The van der Waals surface area contributed by atoms with Crippen molar-refractivity contribution in [1.29, 1.82) is 0 Å². The monoisotopic (exact) mass is 357 g/mol. The maximum absolute atomic E-state index is 12.4. The second-order valence-electron chi connectivity index (χ2n) is 7.93. The first-order valence-electron chi connectivity index (χ1n) is 9.82. The number of carbonyl (C=O) groups is 2. The number of rotatable bonds is 5. The topological polar surface area (TPSA) is 52.7 Å². The number of likely N-dealkylation sites (tertiary alicyclic amines) is 2. The first-order chi connectivity index (χ1) is 12.4. The molecule has 0 aromatic heterocycles. The highest BCUT2D eigenvalue weighted by atomic mass is 16.2. The van der Waals surface area contributed by atoms with Crippen LogP contribution in [0.4, 0.5) is 5.69 Å². The van der Waals surface area contributed by atoms with E-state index >= 15 is 0 Å². The Bertz CT molecular complexity index is 648. The minimum atomic E-state index is 0.0353. The lowest BCUT2D eigenvalue weighted by Gasteiger charge is -2.43. The largest absolute Gasteiger partial charge is 0.340 e. The molecule has 2 fully saturated rings. The van der Waals surface area contributed by atoms with E-state index in [1.165, 1.54) is 5.56 Å². The van der Waals surface area contributed by atoms with Crippen LogP contribution in [-0.4, -0.2) is 53.8 Å². The van der Waals surface area contributed by atoms with Gasteiger partial charge in [-0.1, -0.05) is 26.0 Å². The van der Waals surface area contributed by atoms with Crippen LogP contribution in [0.3, 0.4) is 0 Å². The van der Waals surface area contributed by atoms with Gasteiger partial charge in [0.15, 0.2) is 0 Å². The fourth-order valence-corrected chi connectivity index (χ4v) is 4.19. The van der Waals surface area contributed by atoms with Crippen molar-refractivity contribution in [3.8, 4) is 0 Å². The summed E-state index contributed by atoms with van der Waals surface area (Å²) >= 11 is 0. The molecule has 1 spiro atoms. The smallest absolute Gasteiger partial charge is 0.238 e. The Balaban J connectivity index is 1.48. The van der Waals surface area contributed by atoms with Gasteiger partial charge in [0.2, 0.25) is 11.8 Å². The van der Waals surface area contributed by atoms with Crippen LogP contribution >= 0.6 is 0 Å². The third-order valence-corrected chi connectivity index (χ3v) is 6.42. The fraction of sp³-hybridized carbons (Fsp3) is 0.619. The molecule has 1 atom stereocenters. The minimum absolute atomic E-state index is 0.0353. The number of hydrogen-bond donors (Lipinski definition) is 1. The molecule has 2 aliphatic rings. The minimum Gasteiger partial charge on any atom is -0.340 e. The number of carbonyl (C=O) groups excluding carboxylic acids is 2. The number of benzene rings is 1. The van der Waals surface area contributed by atoms with E-state index in [-0.39, 0.29) is 17.4 Å². The number of piperidine rings is 1. The molecule has 2 amide bonds. The van der Waals surface area contributed by atoms with Crippen LogP contribution in [0.1, 0.15) is 57.4 Å². The van der Waals surface area contributed by atoms with Crippen molar-refractivity contribution in [3.05, 3.63) is 29.8 Å². The Morgan fingerprint density at radius 1 is 1.19 bits per heavy atom. The molecule has 2 heterocycles. The second-order valence-corrected chi connectivity index (χ2v) is 7.93. The zero-order valence-electron chi connectivity index (χ0n) is 16.3. The molecule has 26 heavy (non-hydrogen) atoms. The first kappa shape index (κ1) is 18.9. The van der Waals surface area contributed by atoms with Crippen molar-refractivity contribution < 1.29 is 9.59 Å². The summed E-state index contributed by atoms with van der Waals surface area (Å²) in [7, 11) is 1.93. The molecule has 5 heteroatoms. The molecular weight excluding hydrogens is 326 g/mol. The molecule has 2 saturated heterocycles. The summed E-state index contributed by atoms with van der Waals surface area (Å²) in [6.07, 6.45) is 4.68. The highest BCUT2D eigenvalue weighted by molar-refractivity contribution is 5.92. The van der Waals surface area contributed by atoms with E-state index in [2.05, 4.69) is 36.2 Å². The lowest BCUT2D eigenvalue weighted by atomic mass is 9.85. The molecule has 0 radical (unpaired) electrons. The van der Waals surface area contributed by atoms with Gasteiger partial charge >= 0.3 is 0 Å². The van der Waals surface area contributed by atoms with Crippen LogP contribution in [0.2, 0.25) is 0 Å². The third-order valence-electron chi connectivity index (χ3n) is 6.42. The van der Waals surface area contributed by atoms with Crippen LogP contribution in [0.5, 0.6) is 0 Å². The molecule has 0 unspecified atom stereocenters. The average Bonchev–Trinajstić information content (AvgIpc) is 2.92. The summed E-state index contributed by atoms with van der Waals surface area (Å²) in [5.41, 5.74) is 2.20. The van der Waals surface area contributed by atoms with Gasteiger partial charge in [-0.3, -0.25) is 14.5 Å². The summed E-state index contributed by atoms with van der Waals surface area (Å²) in [5.74, 6) is 0.839. The number of hydrogen-bond acceptors (Lipinski definition) is 3. The van der Waals surface area contributed by atoms with Gasteiger partial charge in [-0.05, 0) is 49.3 Å². The van der Waals surface area contributed by atoms with Gasteiger partial charge in [-0.15, -0.1) is 0 Å². The SMILES string of the molecule is CC[C@@H](C)c1ccc(NC(=O)CN2CCC3(CCC(=O)N3C)CC2)cc1. The zero-order chi connectivity index (χ0) is 18.7. The Labute approximate surface area is 156 Å². The van der Waals surface area contributed by atoms with Crippen LogP contribution in [0, 0.1) is 0 Å². The van der Waals surface area contributed by atoms with Crippen molar-refractivity contribution in [2.45, 2.75) is 57.4 Å². The zero-order valence-corrected chi connectivity index (χ0v) is 16.3. The summed E-state index contributed by atoms with van der Waals surface area (Å²) in [5, 5.41) is 3.01. The lowest BCUT2D eigenvalue weighted by molar-refractivity contribution is -0.131. The van der Waals surface area contributed by atoms with Crippen molar-refractivity contribution >= 4 is 17.5 Å². The van der Waals surface area contributed by atoms with Gasteiger partial charge in [-0.2, -0.15) is 0 Å². The third kappa shape index (κ3) is 3.93. The van der Waals surface area contributed by atoms with E-state index < -0.39 is 0 Å². The predicted molar refractivity (Wildman–Crippen MR) is 104 cm³/mol. The maximum Gasteiger partial charge on any atom is 0.238 e. The van der Waals surface area contributed by atoms with Gasteiger partial charge in [0, 0.05) is 37.8 Å². The molecule has 0 aliphatic carbocycles. The molecular formula is C21H31N3O2. The highest BCUT2D eigenvalue weighted by Crippen LogP contribution is 2.37. The van der Waals surface area contributed by atoms with Crippen LogP contribution in [0.25, 0.3) is 0 Å². The molecule has 2 aliphatic heterocycles. The summed E-state index contributed by atoms with van der Waals surface area (Å²) in [4.78, 5) is 28.4. The van der Waals surface area contributed by atoms with E-state index in [0.29, 0.717) is 18.9 Å².